The lowest BCUT2D eigenvalue weighted by molar-refractivity contribution is -0.137. The van der Waals surface area contributed by atoms with Gasteiger partial charge in [0.25, 0.3) is 0 Å². The van der Waals surface area contributed by atoms with Gasteiger partial charge in [-0.15, -0.1) is 11.8 Å². The number of fused-ring (bicyclic) bond motifs is 1. The largest absolute Gasteiger partial charge is 0.493 e. The Hall–Kier alpha value is -3.77. The predicted octanol–water partition coefficient (Wildman–Crippen LogP) is 6.88. The molecule has 5 nitrogen and oxygen atoms in total. The first-order valence-electron chi connectivity index (χ1n) is 12.2. The van der Waals surface area contributed by atoms with E-state index >= 15 is 0 Å². The topological polar surface area (TPSA) is 61.8 Å². The van der Waals surface area contributed by atoms with Gasteiger partial charge in [0.05, 0.1) is 31.1 Å². The first-order chi connectivity index (χ1) is 17.9. The number of ketones is 1. The molecule has 6 heteroatoms. The zero-order chi connectivity index (χ0) is 26.2. The summed E-state index contributed by atoms with van der Waals surface area (Å²) in [6.45, 7) is 4.43. The molecule has 0 saturated heterocycles. The number of hydrogen-bond donors (Lipinski definition) is 0. The summed E-state index contributed by atoms with van der Waals surface area (Å²) < 4.78 is 17.0. The summed E-state index contributed by atoms with van der Waals surface area (Å²) >= 11 is 1.44. The van der Waals surface area contributed by atoms with Crippen LogP contribution in [0, 0.1) is 6.92 Å². The molecule has 0 unspecified atom stereocenters. The second-order valence-corrected chi connectivity index (χ2v) is 9.77. The molecule has 4 rings (SSSR count). The number of carbonyl (C=O) groups excluding carboxylic acids is 2. The van der Waals surface area contributed by atoms with E-state index in [1.54, 1.807) is 0 Å². The normalized spacial score (nSPS) is 11.6. The van der Waals surface area contributed by atoms with Crippen molar-refractivity contribution in [3.63, 3.8) is 0 Å². The number of methoxy groups -OCH3 is 1. The van der Waals surface area contributed by atoms with E-state index in [-0.39, 0.29) is 23.6 Å². The van der Waals surface area contributed by atoms with Crippen molar-refractivity contribution in [2.75, 3.05) is 19.5 Å². The van der Waals surface area contributed by atoms with E-state index in [2.05, 4.69) is 0 Å². The van der Waals surface area contributed by atoms with Crippen LogP contribution in [0.3, 0.4) is 0 Å². The maximum absolute atomic E-state index is 13.3. The molecular weight excluding hydrogens is 484 g/mol. The maximum atomic E-state index is 13.3. The minimum atomic E-state index is -0.251. The molecule has 0 N–H and O–H groups in total. The summed E-state index contributed by atoms with van der Waals surface area (Å²) in [4.78, 5) is 25.7. The molecular formula is C31H30O5S. The molecule has 0 aliphatic heterocycles. The van der Waals surface area contributed by atoms with Gasteiger partial charge in [0.1, 0.15) is 11.5 Å². The lowest BCUT2D eigenvalue weighted by Gasteiger charge is -2.19. The van der Waals surface area contributed by atoms with Crippen LogP contribution in [0.25, 0.3) is 10.8 Å². The van der Waals surface area contributed by atoms with Gasteiger partial charge < -0.3 is 14.2 Å². The number of hydrogen-bond acceptors (Lipinski definition) is 6. The van der Waals surface area contributed by atoms with Crippen molar-refractivity contribution in [3.05, 3.63) is 102 Å². The Kier molecular flexibility index (Phi) is 8.86. The van der Waals surface area contributed by atoms with Crippen molar-refractivity contribution in [3.8, 4) is 11.5 Å². The van der Waals surface area contributed by atoms with Crippen LogP contribution in [0.2, 0.25) is 0 Å². The summed E-state index contributed by atoms with van der Waals surface area (Å²) in [7, 11) is 1.39. The minimum absolute atomic E-state index is 0.0644. The van der Waals surface area contributed by atoms with Gasteiger partial charge in [0, 0.05) is 16.9 Å². The van der Waals surface area contributed by atoms with E-state index in [1.165, 1.54) is 18.9 Å². The highest BCUT2D eigenvalue weighted by Gasteiger charge is 2.18. The van der Waals surface area contributed by atoms with E-state index in [0.717, 1.165) is 27.0 Å². The summed E-state index contributed by atoms with van der Waals surface area (Å²) in [5.74, 6) is 1.29. The number of esters is 1. The molecule has 1 atom stereocenters. The average Bonchev–Trinajstić information content (AvgIpc) is 2.92. The van der Waals surface area contributed by atoms with Crippen LogP contribution in [-0.2, 0) is 9.53 Å². The third-order valence-electron chi connectivity index (χ3n) is 5.97. The van der Waals surface area contributed by atoms with Gasteiger partial charge in [0.15, 0.2) is 5.78 Å². The molecule has 190 valence electrons. The highest BCUT2D eigenvalue weighted by Crippen LogP contribution is 2.30. The van der Waals surface area contributed by atoms with Crippen molar-refractivity contribution in [1.82, 2.24) is 0 Å². The molecule has 37 heavy (non-hydrogen) atoms. The van der Waals surface area contributed by atoms with Crippen LogP contribution < -0.4 is 9.47 Å². The van der Waals surface area contributed by atoms with Crippen molar-refractivity contribution in [1.29, 1.82) is 0 Å². The Morgan fingerprint density at radius 2 is 1.59 bits per heavy atom. The molecule has 4 aromatic carbocycles. The fourth-order valence-corrected chi connectivity index (χ4v) is 4.77. The third-order valence-corrected chi connectivity index (χ3v) is 7.12. The van der Waals surface area contributed by atoms with E-state index in [0.29, 0.717) is 29.9 Å². The van der Waals surface area contributed by atoms with Gasteiger partial charge in [-0.25, -0.2) is 0 Å². The van der Waals surface area contributed by atoms with E-state index in [9.17, 15) is 9.59 Å². The van der Waals surface area contributed by atoms with Crippen molar-refractivity contribution < 1.29 is 23.8 Å². The summed E-state index contributed by atoms with van der Waals surface area (Å²) in [6, 6.07) is 26.9. The molecule has 0 bridgehead atoms. The summed E-state index contributed by atoms with van der Waals surface area (Å²) in [5, 5.41) is 2.01. The Morgan fingerprint density at radius 1 is 0.892 bits per heavy atom. The van der Waals surface area contributed by atoms with E-state index in [4.69, 9.17) is 14.2 Å². The fourth-order valence-electron chi connectivity index (χ4n) is 3.93. The molecule has 0 amide bonds. The van der Waals surface area contributed by atoms with E-state index in [1.807, 2.05) is 98.8 Å². The third kappa shape index (κ3) is 6.92. The van der Waals surface area contributed by atoms with Gasteiger partial charge >= 0.3 is 5.97 Å². The molecule has 4 aromatic rings. The van der Waals surface area contributed by atoms with Crippen LogP contribution in [0.5, 0.6) is 11.5 Å². The lowest BCUT2D eigenvalue weighted by Crippen LogP contribution is -2.17. The number of aryl methyl sites for hydroxylation is 1. The highest BCUT2D eigenvalue weighted by atomic mass is 32.2. The molecule has 0 heterocycles. The molecule has 0 fully saturated rings. The Morgan fingerprint density at radius 3 is 2.30 bits per heavy atom. The van der Waals surface area contributed by atoms with Crippen molar-refractivity contribution in [2.45, 2.75) is 31.3 Å². The maximum Gasteiger partial charge on any atom is 0.315 e. The molecule has 0 radical (unpaired) electrons. The minimum Gasteiger partial charge on any atom is -0.493 e. The van der Waals surface area contributed by atoms with Crippen molar-refractivity contribution in [2.24, 2.45) is 0 Å². The van der Waals surface area contributed by atoms with Gasteiger partial charge in [-0.2, -0.15) is 0 Å². The number of carbonyl (C=O) groups is 2. The first kappa shape index (κ1) is 26.3. The average molecular weight is 515 g/mol. The zero-order valence-corrected chi connectivity index (χ0v) is 22.0. The van der Waals surface area contributed by atoms with Crippen LogP contribution in [0.15, 0.2) is 89.8 Å². The van der Waals surface area contributed by atoms with Gasteiger partial charge in [-0.3, -0.25) is 9.59 Å². The highest BCUT2D eigenvalue weighted by molar-refractivity contribution is 8.00. The quantitative estimate of drug-likeness (QED) is 0.124. The predicted molar refractivity (Wildman–Crippen MR) is 148 cm³/mol. The Balaban J connectivity index is 1.41. The second-order valence-electron chi connectivity index (χ2n) is 8.75. The lowest BCUT2D eigenvalue weighted by atomic mass is 9.98. The fraction of sp³-hybridized carbons (Fsp3) is 0.226. The Labute approximate surface area is 221 Å². The first-order valence-corrected chi connectivity index (χ1v) is 13.2. The smallest absolute Gasteiger partial charge is 0.315 e. The zero-order valence-electron chi connectivity index (χ0n) is 21.2. The monoisotopic (exact) mass is 514 g/mol. The van der Waals surface area contributed by atoms with Crippen LogP contribution in [0.1, 0.15) is 34.8 Å². The van der Waals surface area contributed by atoms with Crippen molar-refractivity contribution >= 4 is 34.3 Å². The number of thioether (sulfide) groups is 1. The summed E-state index contributed by atoms with van der Waals surface area (Å²) in [6.07, 6.45) is 0.475. The standard InChI is InChI=1S/C31H30O5S/c1-21-17-26(13-14-29(21)37-20-30(32)34-3)35-16-15-22(2)36-28-19-25-12-8-7-11-24(25)18-27(28)31(33)23-9-5-4-6-10-23/h4-14,17-19,22H,15-16,20H2,1-3H3/t22-/m1/s1. The van der Waals surface area contributed by atoms with Gasteiger partial charge in [0.2, 0.25) is 0 Å². The van der Waals surface area contributed by atoms with Crippen LogP contribution >= 0.6 is 11.8 Å². The second kappa shape index (κ2) is 12.5. The van der Waals surface area contributed by atoms with Crippen LogP contribution in [-0.4, -0.2) is 37.3 Å². The van der Waals surface area contributed by atoms with Gasteiger partial charge in [-0.05, 0) is 60.5 Å². The molecule has 0 aromatic heterocycles. The molecule has 0 spiro atoms. The van der Waals surface area contributed by atoms with E-state index < -0.39 is 0 Å². The number of ether oxygens (including phenoxy) is 3. The number of rotatable bonds is 11. The van der Waals surface area contributed by atoms with Gasteiger partial charge in [-0.1, -0.05) is 54.6 Å². The Bertz CT molecular complexity index is 1380. The number of benzene rings is 4. The summed E-state index contributed by atoms with van der Waals surface area (Å²) in [5.41, 5.74) is 2.21. The van der Waals surface area contributed by atoms with Crippen LogP contribution in [0.4, 0.5) is 0 Å². The molecule has 0 saturated carbocycles. The molecule has 0 aliphatic rings. The molecule has 0 aliphatic carbocycles. The SMILES string of the molecule is COC(=O)CSc1ccc(OCC[C@@H](C)Oc2cc3ccccc3cc2C(=O)c2ccccc2)cc1C.